The van der Waals surface area contributed by atoms with Crippen molar-refractivity contribution in [1.82, 2.24) is 24.5 Å². The van der Waals surface area contributed by atoms with Crippen molar-refractivity contribution >= 4 is 22.7 Å². The van der Waals surface area contributed by atoms with Crippen LogP contribution >= 0.6 is 0 Å². The summed E-state index contributed by atoms with van der Waals surface area (Å²) in [5.74, 6) is 2.03. The van der Waals surface area contributed by atoms with E-state index in [2.05, 4.69) is 61.4 Å². The minimum atomic E-state index is 0.485. The Hall–Kier alpha value is -2.70. The summed E-state index contributed by atoms with van der Waals surface area (Å²) in [7, 11) is 4.20. The maximum Gasteiger partial charge on any atom is 0.156 e. The van der Waals surface area contributed by atoms with Crippen molar-refractivity contribution in [2.75, 3.05) is 29.9 Å². The second-order valence-electron chi connectivity index (χ2n) is 6.67. The van der Waals surface area contributed by atoms with E-state index in [0.29, 0.717) is 6.04 Å². The van der Waals surface area contributed by atoms with Crippen LogP contribution in [0, 0.1) is 6.92 Å². The van der Waals surface area contributed by atoms with E-state index in [-0.39, 0.29) is 0 Å². The van der Waals surface area contributed by atoms with Gasteiger partial charge in [0.15, 0.2) is 5.82 Å². The largest absolute Gasteiger partial charge is 0.356 e. The summed E-state index contributed by atoms with van der Waals surface area (Å²) in [4.78, 5) is 22.0. The predicted octanol–water partition coefficient (Wildman–Crippen LogP) is 2.17. The second-order valence-corrected chi connectivity index (χ2v) is 6.67. The molecule has 1 fully saturated rings. The molecular formula is C18H23N7. The number of hydrogen-bond acceptors (Lipinski definition) is 6. The van der Waals surface area contributed by atoms with Gasteiger partial charge in [-0.05, 0) is 31.9 Å². The van der Waals surface area contributed by atoms with Gasteiger partial charge in [0.05, 0.1) is 5.52 Å². The fourth-order valence-corrected chi connectivity index (χ4v) is 3.66. The van der Waals surface area contributed by atoms with Crippen LogP contribution in [0.5, 0.6) is 0 Å². The summed E-state index contributed by atoms with van der Waals surface area (Å²) in [6.45, 7) is 4.07. The Morgan fingerprint density at radius 3 is 2.64 bits per heavy atom. The van der Waals surface area contributed by atoms with E-state index in [4.69, 9.17) is 0 Å². The van der Waals surface area contributed by atoms with Crippen LogP contribution in [0.3, 0.4) is 0 Å². The fourth-order valence-electron chi connectivity index (χ4n) is 3.66. The van der Waals surface area contributed by atoms with Crippen LogP contribution in [-0.2, 0) is 7.05 Å². The van der Waals surface area contributed by atoms with Gasteiger partial charge < -0.3 is 14.4 Å². The third-order valence-electron chi connectivity index (χ3n) is 5.28. The van der Waals surface area contributed by atoms with E-state index in [0.717, 1.165) is 48.6 Å². The van der Waals surface area contributed by atoms with Gasteiger partial charge in [0.2, 0.25) is 0 Å². The Labute approximate surface area is 147 Å². The Kier molecular flexibility index (Phi) is 3.99. The van der Waals surface area contributed by atoms with Crippen LogP contribution in [0.2, 0.25) is 0 Å². The summed E-state index contributed by atoms with van der Waals surface area (Å²) in [5, 5.41) is 0. The zero-order valence-corrected chi connectivity index (χ0v) is 14.9. The topological polar surface area (TPSA) is 63.0 Å². The van der Waals surface area contributed by atoms with Crippen LogP contribution in [-0.4, -0.2) is 50.7 Å². The standard InChI is InChI=1S/C18H23N7/c1-13-10-15-17(23(13)2)18(22-12-20-15)25-8-5-14(6-9-25)24(3)16-4-7-19-11-21-16/h4,7,10-12,14H,5-6,8-9H2,1-3H3. The fraction of sp³-hybridized carbons (Fsp3) is 0.444. The van der Waals surface area contributed by atoms with Gasteiger partial charge in [0, 0.05) is 45.1 Å². The zero-order chi connectivity index (χ0) is 17.4. The lowest BCUT2D eigenvalue weighted by Gasteiger charge is -2.37. The molecule has 1 aliphatic rings. The number of anilines is 2. The highest BCUT2D eigenvalue weighted by Gasteiger charge is 2.25. The SMILES string of the molecule is Cc1cc2ncnc(N3CCC(N(C)c4ccncn4)CC3)c2n1C. The van der Waals surface area contributed by atoms with Crippen molar-refractivity contribution in [3.05, 3.63) is 36.7 Å². The minimum absolute atomic E-state index is 0.485. The molecule has 3 aromatic rings. The summed E-state index contributed by atoms with van der Waals surface area (Å²) in [5.41, 5.74) is 3.35. The van der Waals surface area contributed by atoms with E-state index >= 15 is 0 Å². The minimum Gasteiger partial charge on any atom is -0.356 e. The average molecular weight is 337 g/mol. The Balaban J connectivity index is 1.53. The smallest absolute Gasteiger partial charge is 0.156 e. The molecule has 0 spiro atoms. The second kappa shape index (κ2) is 6.31. The lowest BCUT2D eigenvalue weighted by molar-refractivity contribution is 0.478. The first-order valence-electron chi connectivity index (χ1n) is 8.66. The van der Waals surface area contributed by atoms with Crippen LogP contribution in [0.1, 0.15) is 18.5 Å². The number of fused-ring (bicyclic) bond motifs is 1. The van der Waals surface area contributed by atoms with Crippen molar-refractivity contribution in [3.63, 3.8) is 0 Å². The Morgan fingerprint density at radius 2 is 1.92 bits per heavy atom. The molecular weight excluding hydrogens is 314 g/mol. The van der Waals surface area contributed by atoms with Crippen LogP contribution in [0.4, 0.5) is 11.6 Å². The van der Waals surface area contributed by atoms with E-state index in [1.165, 1.54) is 5.69 Å². The Bertz CT molecular complexity index is 866. The van der Waals surface area contributed by atoms with Crippen molar-refractivity contribution < 1.29 is 0 Å². The van der Waals surface area contributed by atoms with E-state index < -0.39 is 0 Å². The molecule has 1 aliphatic heterocycles. The molecule has 0 aliphatic carbocycles. The van der Waals surface area contributed by atoms with Gasteiger partial charge in [0.1, 0.15) is 24.0 Å². The molecule has 25 heavy (non-hydrogen) atoms. The van der Waals surface area contributed by atoms with Gasteiger partial charge in [-0.1, -0.05) is 0 Å². The third kappa shape index (κ3) is 2.79. The molecule has 4 rings (SSSR count). The number of rotatable bonds is 3. The number of nitrogens with zero attached hydrogens (tertiary/aromatic N) is 7. The van der Waals surface area contributed by atoms with Crippen LogP contribution < -0.4 is 9.80 Å². The van der Waals surface area contributed by atoms with Gasteiger partial charge >= 0.3 is 0 Å². The number of aromatic nitrogens is 5. The quantitative estimate of drug-likeness (QED) is 0.730. The molecule has 7 nitrogen and oxygen atoms in total. The highest BCUT2D eigenvalue weighted by molar-refractivity contribution is 5.87. The molecule has 0 bridgehead atoms. The van der Waals surface area contributed by atoms with Crippen molar-refractivity contribution in [2.45, 2.75) is 25.8 Å². The van der Waals surface area contributed by atoms with Gasteiger partial charge in [-0.25, -0.2) is 19.9 Å². The highest BCUT2D eigenvalue weighted by Crippen LogP contribution is 2.29. The molecule has 1 saturated heterocycles. The number of hydrogen-bond donors (Lipinski definition) is 0. The van der Waals surface area contributed by atoms with Crippen molar-refractivity contribution in [1.29, 1.82) is 0 Å². The highest BCUT2D eigenvalue weighted by atomic mass is 15.3. The summed E-state index contributed by atoms with van der Waals surface area (Å²) in [6, 6.07) is 4.57. The van der Waals surface area contributed by atoms with Crippen molar-refractivity contribution in [2.24, 2.45) is 7.05 Å². The van der Waals surface area contributed by atoms with Crippen LogP contribution in [0.25, 0.3) is 11.0 Å². The van der Waals surface area contributed by atoms with Crippen molar-refractivity contribution in [3.8, 4) is 0 Å². The maximum atomic E-state index is 4.59. The van der Waals surface area contributed by atoms with E-state index in [1.807, 2.05) is 6.07 Å². The normalized spacial score (nSPS) is 15.7. The third-order valence-corrected chi connectivity index (χ3v) is 5.28. The molecule has 0 aromatic carbocycles. The first-order chi connectivity index (χ1) is 12.1. The number of aryl methyl sites for hydroxylation is 2. The molecule has 0 radical (unpaired) electrons. The van der Waals surface area contributed by atoms with Gasteiger partial charge in [-0.15, -0.1) is 0 Å². The molecule has 130 valence electrons. The molecule has 0 unspecified atom stereocenters. The molecule has 4 heterocycles. The molecule has 7 heteroatoms. The first kappa shape index (κ1) is 15.8. The van der Waals surface area contributed by atoms with Gasteiger partial charge in [0.25, 0.3) is 0 Å². The lowest BCUT2D eigenvalue weighted by Crippen LogP contribution is -2.44. The Morgan fingerprint density at radius 1 is 1.12 bits per heavy atom. The lowest BCUT2D eigenvalue weighted by atomic mass is 10.0. The molecule has 0 saturated carbocycles. The molecule has 3 aromatic heterocycles. The average Bonchev–Trinajstić information content (AvgIpc) is 2.96. The number of piperidine rings is 1. The van der Waals surface area contributed by atoms with E-state index in [1.54, 1.807) is 18.9 Å². The monoisotopic (exact) mass is 337 g/mol. The van der Waals surface area contributed by atoms with Gasteiger partial charge in [-0.3, -0.25) is 0 Å². The van der Waals surface area contributed by atoms with Gasteiger partial charge in [-0.2, -0.15) is 0 Å². The van der Waals surface area contributed by atoms with E-state index in [9.17, 15) is 0 Å². The molecule has 0 N–H and O–H groups in total. The summed E-state index contributed by atoms with van der Waals surface area (Å²) < 4.78 is 2.18. The first-order valence-corrected chi connectivity index (χ1v) is 8.66. The van der Waals surface area contributed by atoms with Crippen LogP contribution in [0.15, 0.2) is 31.0 Å². The summed E-state index contributed by atoms with van der Waals surface area (Å²) >= 11 is 0. The maximum absolute atomic E-state index is 4.59. The predicted molar refractivity (Wildman–Crippen MR) is 98.9 cm³/mol. The zero-order valence-electron chi connectivity index (χ0n) is 14.9. The summed E-state index contributed by atoms with van der Waals surface area (Å²) in [6.07, 6.45) is 7.24. The molecule has 0 atom stereocenters. The molecule has 0 amide bonds.